The van der Waals surface area contributed by atoms with Crippen LogP contribution in [0.2, 0.25) is 0 Å². The molecule has 2 heterocycles. The van der Waals surface area contributed by atoms with Crippen molar-refractivity contribution in [3.63, 3.8) is 0 Å². The molecule has 2 aromatic rings. The highest BCUT2D eigenvalue weighted by atomic mass is 32.2. The molecule has 0 spiro atoms. The Morgan fingerprint density at radius 1 is 1.14 bits per heavy atom. The van der Waals surface area contributed by atoms with Crippen LogP contribution in [-0.4, -0.2) is 47.8 Å². The van der Waals surface area contributed by atoms with E-state index in [-0.39, 0.29) is 11.5 Å². The predicted molar refractivity (Wildman–Crippen MR) is 84.2 cm³/mol. The fourth-order valence-electron chi connectivity index (χ4n) is 2.45. The van der Waals surface area contributed by atoms with Crippen molar-refractivity contribution >= 4 is 28.0 Å². The highest BCUT2D eigenvalue weighted by Gasteiger charge is 2.23. The third-order valence-corrected chi connectivity index (χ3v) is 5.50. The van der Waals surface area contributed by atoms with Gasteiger partial charge in [-0.05, 0) is 30.8 Å². The van der Waals surface area contributed by atoms with Gasteiger partial charge in [-0.3, -0.25) is 4.57 Å². The van der Waals surface area contributed by atoms with Crippen LogP contribution in [0.25, 0.3) is 5.69 Å². The molecule has 6 nitrogen and oxygen atoms in total. The highest BCUT2D eigenvalue weighted by Crippen LogP contribution is 2.20. The molecule has 0 radical (unpaired) electrons. The molecule has 0 amide bonds. The van der Waals surface area contributed by atoms with Gasteiger partial charge < -0.3 is 4.90 Å². The van der Waals surface area contributed by atoms with Crippen molar-refractivity contribution in [1.29, 1.82) is 0 Å². The SMILES string of the molecule is O=S1(=O)CCCN(c2n[nH]c(=S)n2-c2ccccc2)CC1. The quantitative estimate of drug-likeness (QED) is 0.849. The molecule has 0 saturated carbocycles. The van der Waals surface area contributed by atoms with Crippen LogP contribution >= 0.6 is 12.2 Å². The Hall–Kier alpha value is -1.67. The molecule has 1 aromatic carbocycles. The lowest BCUT2D eigenvalue weighted by molar-refractivity contribution is 0.597. The van der Waals surface area contributed by atoms with Gasteiger partial charge in [0.1, 0.15) is 0 Å². The molecule has 1 N–H and O–H groups in total. The maximum atomic E-state index is 11.7. The molecule has 1 aromatic heterocycles. The van der Waals surface area contributed by atoms with E-state index in [9.17, 15) is 8.42 Å². The van der Waals surface area contributed by atoms with Crippen LogP contribution in [0.3, 0.4) is 0 Å². The third kappa shape index (κ3) is 3.01. The smallest absolute Gasteiger partial charge is 0.230 e. The second-order valence-corrected chi connectivity index (χ2v) is 7.68. The molecule has 0 atom stereocenters. The zero-order valence-corrected chi connectivity index (χ0v) is 13.0. The van der Waals surface area contributed by atoms with Crippen LogP contribution in [0.4, 0.5) is 5.95 Å². The fraction of sp³-hybridized carbons (Fsp3) is 0.385. The number of anilines is 1. The summed E-state index contributed by atoms with van der Waals surface area (Å²) < 4.78 is 25.8. The van der Waals surface area contributed by atoms with Gasteiger partial charge in [0, 0.05) is 13.1 Å². The van der Waals surface area contributed by atoms with Gasteiger partial charge in [0.15, 0.2) is 9.84 Å². The molecule has 21 heavy (non-hydrogen) atoms. The standard InChI is InChI=1S/C13H16N4O2S2/c18-21(19)9-4-7-16(8-10-21)12-14-15-13(20)17(12)11-5-2-1-3-6-11/h1-3,5-6H,4,7-10H2,(H,15,20). The Morgan fingerprint density at radius 2 is 1.90 bits per heavy atom. The predicted octanol–water partition coefficient (Wildman–Crippen LogP) is 1.55. The molecule has 1 saturated heterocycles. The van der Waals surface area contributed by atoms with Gasteiger partial charge in [-0.1, -0.05) is 18.2 Å². The second-order valence-electron chi connectivity index (χ2n) is 4.99. The first-order chi connectivity index (χ1) is 10.1. The van der Waals surface area contributed by atoms with Gasteiger partial charge >= 0.3 is 0 Å². The number of nitrogens with zero attached hydrogens (tertiary/aromatic N) is 3. The number of H-pyrrole nitrogens is 1. The Labute approximate surface area is 128 Å². The molecular formula is C13H16N4O2S2. The summed E-state index contributed by atoms with van der Waals surface area (Å²) in [7, 11) is -2.95. The van der Waals surface area contributed by atoms with Crippen molar-refractivity contribution in [2.45, 2.75) is 6.42 Å². The number of para-hydroxylation sites is 1. The third-order valence-electron chi connectivity index (χ3n) is 3.51. The molecule has 0 bridgehead atoms. The van der Waals surface area contributed by atoms with Crippen LogP contribution in [0.5, 0.6) is 0 Å². The lowest BCUT2D eigenvalue weighted by Gasteiger charge is -2.21. The Morgan fingerprint density at radius 3 is 2.67 bits per heavy atom. The molecule has 1 fully saturated rings. The van der Waals surface area contributed by atoms with Gasteiger partial charge in [-0.15, -0.1) is 5.10 Å². The van der Waals surface area contributed by atoms with Gasteiger partial charge in [-0.2, -0.15) is 0 Å². The van der Waals surface area contributed by atoms with Crippen molar-refractivity contribution in [2.24, 2.45) is 0 Å². The molecule has 112 valence electrons. The summed E-state index contributed by atoms with van der Waals surface area (Å²) >= 11 is 5.30. The molecular weight excluding hydrogens is 308 g/mol. The maximum absolute atomic E-state index is 11.7. The number of rotatable bonds is 2. The first-order valence-electron chi connectivity index (χ1n) is 6.75. The topological polar surface area (TPSA) is 71.0 Å². The lowest BCUT2D eigenvalue weighted by atomic mass is 10.3. The molecule has 0 aliphatic carbocycles. The number of sulfone groups is 1. The van der Waals surface area contributed by atoms with E-state index in [0.717, 1.165) is 5.69 Å². The van der Waals surface area contributed by atoms with Crippen molar-refractivity contribution in [1.82, 2.24) is 14.8 Å². The normalized spacial score (nSPS) is 18.4. The molecule has 0 unspecified atom stereocenters. The number of hydrogen-bond acceptors (Lipinski definition) is 5. The van der Waals surface area contributed by atoms with Crippen LogP contribution in [-0.2, 0) is 9.84 Å². The van der Waals surface area contributed by atoms with Crippen LogP contribution in [0.1, 0.15) is 6.42 Å². The average Bonchev–Trinajstić information content (AvgIpc) is 2.75. The first-order valence-corrected chi connectivity index (χ1v) is 8.98. The Kier molecular flexibility index (Phi) is 3.81. The summed E-state index contributed by atoms with van der Waals surface area (Å²) in [6.45, 7) is 1.10. The van der Waals surface area contributed by atoms with Crippen LogP contribution in [0.15, 0.2) is 30.3 Å². The van der Waals surface area contributed by atoms with E-state index in [2.05, 4.69) is 10.2 Å². The number of hydrogen-bond donors (Lipinski definition) is 1. The largest absolute Gasteiger partial charge is 0.340 e. The van der Waals surface area contributed by atoms with Crippen LogP contribution in [0, 0.1) is 4.77 Å². The molecule has 1 aliphatic rings. The molecule has 1 aliphatic heterocycles. The van der Waals surface area contributed by atoms with Crippen molar-refractivity contribution in [2.75, 3.05) is 29.5 Å². The average molecular weight is 324 g/mol. The monoisotopic (exact) mass is 324 g/mol. The van der Waals surface area contributed by atoms with E-state index < -0.39 is 9.84 Å². The molecule has 3 rings (SSSR count). The van der Waals surface area contributed by atoms with Gasteiger partial charge in [0.25, 0.3) is 0 Å². The fourth-order valence-corrected chi connectivity index (χ4v) is 3.95. The van der Waals surface area contributed by atoms with Gasteiger partial charge in [0.2, 0.25) is 10.7 Å². The van der Waals surface area contributed by atoms with E-state index in [4.69, 9.17) is 12.2 Å². The van der Waals surface area contributed by atoms with E-state index in [0.29, 0.717) is 30.2 Å². The van der Waals surface area contributed by atoms with Crippen molar-refractivity contribution in [3.05, 3.63) is 35.1 Å². The van der Waals surface area contributed by atoms with E-state index in [1.54, 1.807) is 0 Å². The van der Waals surface area contributed by atoms with Gasteiger partial charge in [-0.25, -0.2) is 13.5 Å². The second kappa shape index (κ2) is 5.61. The van der Waals surface area contributed by atoms with Crippen molar-refractivity contribution in [3.8, 4) is 5.69 Å². The summed E-state index contributed by atoms with van der Waals surface area (Å²) in [5.41, 5.74) is 0.915. The summed E-state index contributed by atoms with van der Waals surface area (Å²) in [5, 5.41) is 7.08. The lowest BCUT2D eigenvalue weighted by Crippen LogP contribution is -2.29. The van der Waals surface area contributed by atoms with E-state index in [1.165, 1.54) is 0 Å². The number of aromatic nitrogens is 3. The Balaban J connectivity index is 1.99. The summed E-state index contributed by atoms with van der Waals surface area (Å²) in [4.78, 5) is 1.98. The van der Waals surface area contributed by atoms with E-state index >= 15 is 0 Å². The Bertz CT molecular complexity index is 780. The maximum Gasteiger partial charge on any atom is 0.230 e. The number of nitrogens with one attached hydrogen (secondary N) is 1. The van der Waals surface area contributed by atoms with Gasteiger partial charge in [0.05, 0.1) is 17.2 Å². The minimum atomic E-state index is -2.95. The summed E-state index contributed by atoms with van der Waals surface area (Å²) in [5.74, 6) is 1.06. The minimum Gasteiger partial charge on any atom is -0.340 e. The minimum absolute atomic E-state index is 0.154. The number of benzene rings is 1. The van der Waals surface area contributed by atoms with Crippen LogP contribution < -0.4 is 4.90 Å². The number of aromatic amines is 1. The zero-order valence-electron chi connectivity index (χ0n) is 11.4. The van der Waals surface area contributed by atoms with Crippen molar-refractivity contribution < 1.29 is 8.42 Å². The summed E-state index contributed by atoms with van der Waals surface area (Å²) in [6, 6.07) is 9.69. The highest BCUT2D eigenvalue weighted by molar-refractivity contribution is 7.91. The zero-order chi connectivity index (χ0) is 14.9. The first kappa shape index (κ1) is 14.3. The molecule has 8 heteroatoms. The van der Waals surface area contributed by atoms with E-state index in [1.807, 2.05) is 39.8 Å². The summed E-state index contributed by atoms with van der Waals surface area (Å²) in [6.07, 6.45) is 0.608.